The molecule has 28 heavy (non-hydrogen) atoms. The van der Waals surface area contributed by atoms with Crippen LogP contribution in [0.5, 0.6) is 0 Å². The van der Waals surface area contributed by atoms with Crippen molar-refractivity contribution in [1.29, 1.82) is 0 Å². The summed E-state index contributed by atoms with van der Waals surface area (Å²) >= 11 is 1.47. The lowest BCUT2D eigenvalue weighted by Gasteiger charge is -2.09. The summed E-state index contributed by atoms with van der Waals surface area (Å²) in [5.74, 6) is -0.500. The first-order valence-electron chi connectivity index (χ1n) is 9.08. The Hall–Kier alpha value is -3.00. The summed E-state index contributed by atoms with van der Waals surface area (Å²) in [6.45, 7) is 3.69. The molecule has 0 aliphatic heterocycles. The summed E-state index contributed by atoms with van der Waals surface area (Å²) in [6, 6.07) is 7.03. The second-order valence-electron chi connectivity index (χ2n) is 7.02. The zero-order chi connectivity index (χ0) is 19.8. The van der Waals surface area contributed by atoms with E-state index in [4.69, 9.17) is 0 Å². The average Bonchev–Trinajstić information content (AvgIpc) is 3.42. The summed E-state index contributed by atoms with van der Waals surface area (Å²) in [5.41, 5.74) is 1.69. The second-order valence-corrected chi connectivity index (χ2v) is 8.22. The van der Waals surface area contributed by atoms with Crippen molar-refractivity contribution in [3.8, 4) is 0 Å². The Bertz CT molecular complexity index is 1140. The van der Waals surface area contributed by atoms with Gasteiger partial charge in [0.25, 0.3) is 11.5 Å². The lowest BCUT2D eigenvalue weighted by Crippen LogP contribution is -2.28. The highest BCUT2D eigenvalue weighted by molar-refractivity contribution is 7.18. The molecule has 1 aliphatic rings. The highest BCUT2D eigenvalue weighted by atomic mass is 32.1. The van der Waals surface area contributed by atoms with Crippen LogP contribution in [0.25, 0.3) is 10.2 Å². The van der Waals surface area contributed by atoms with Gasteiger partial charge in [-0.3, -0.25) is 19.0 Å². The predicted molar refractivity (Wildman–Crippen MR) is 109 cm³/mol. The number of aryl methyl sites for hydroxylation is 2. The number of benzene rings is 1. The van der Waals surface area contributed by atoms with Gasteiger partial charge in [-0.15, -0.1) is 11.3 Å². The second kappa shape index (κ2) is 7.20. The number of thiophene rings is 1. The molecule has 1 saturated carbocycles. The van der Waals surface area contributed by atoms with Crippen molar-refractivity contribution in [2.75, 3.05) is 5.32 Å². The molecule has 0 radical (unpaired) electrons. The van der Waals surface area contributed by atoms with E-state index in [-0.39, 0.29) is 30.0 Å². The molecular weight excluding hydrogens is 376 g/mol. The fourth-order valence-corrected chi connectivity index (χ4v) is 3.96. The summed E-state index contributed by atoms with van der Waals surface area (Å²) in [4.78, 5) is 43.3. The number of hydrogen-bond donors (Lipinski definition) is 2. The number of amides is 2. The first kappa shape index (κ1) is 18.4. The molecule has 1 fully saturated rings. The van der Waals surface area contributed by atoms with Crippen LogP contribution < -0.4 is 16.2 Å². The van der Waals surface area contributed by atoms with Crippen LogP contribution in [0.15, 0.2) is 35.4 Å². The molecule has 0 unspecified atom stereocenters. The standard InChI is InChI=1S/C20H20N4O3S/c1-11-12(2)28-19-17(11)20(27)24(10-21-19)9-16(25)22-15-5-3-4-13(8-15)18(26)23-14-6-7-14/h3-5,8,10,14H,6-7,9H2,1-2H3,(H,22,25)(H,23,26). The predicted octanol–water partition coefficient (Wildman–Crippen LogP) is 2.61. The fourth-order valence-electron chi connectivity index (χ4n) is 2.97. The Morgan fingerprint density at radius 1 is 1.29 bits per heavy atom. The molecule has 1 aliphatic carbocycles. The van der Waals surface area contributed by atoms with Gasteiger partial charge >= 0.3 is 0 Å². The van der Waals surface area contributed by atoms with E-state index in [0.717, 1.165) is 23.3 Å². The maximum Gasteiger partial charge on any atom is 0.262 e. The number of aromatic nitrogens is 2. The van der Waals surface area contributed by atoms with E-state index >= 15 is 0 Å². The van der Waals surface area contributed by atoms with Gasteiger partial charge in [0.2, 0.25) is 5.91 Å². The minimum absolute atomic E-state index is 0.144. The highest BCUT2D eigenvalue weighted by Gasteiger charge is 2.23. The SMILES string of the molecule is Cc1sc2ncn(CC(=O)Nc3cccc(C(=O)NC4CC4)c3)c(=O)c2c1C. The number of rotatable bonds is 5. The van der Waals surface area contributed by atoms with Crippen molar-refractivity contribution in [2.24, 2.45) is 0 Å². The molecule has 4 rings (SSSR count). The van der Waals surface area contributed by atoms with Crippen molar-refractivity contribution in [3.05, 3.63) is 57.0 Å². The maximum absolute atomic E-state index is 12.7. The van der Waals surface area contributed by atoms with Crippen LogP contribution in [0.2, 0.25) is 0 Å². The minimum atomic E-state index is -0.354. The number of anilines is 1. The molecule has 0 atom stereocenters. The van der Waals surface area contributed by atoms with Crippen LogP contribution in [-0.2, 0) is 11.3 Å². The zero-order valence-corrected chi connectivity index (χ0v) is 16.4. The fraction of sp³-hybridized carbons (Fsp3) is 0.300. The number of carbonyl (C=O) groups is 2. The molecule has 2 heterocycles. The monoisotopic (exact) mass is 396 g/mol. The van der Waals surface area contributed by atoms with Gasteiger partial charge in [-0.25, -0.2) is 4.98 Å². The highest BCUT2D eigenvalue weighted by Crippen LogP contribution is 2.25. The molecule has 1 aromatic carbocycles. The van der Waals surface area contributed by atoms with Crippen LogP contribution in [0.1, 0.15) is 33.6 Å². The van der Waals surface area contributed by atoms with Crippen LogP contribution in [-0.4, -0.2) is 27.4 Å². The Kier molecular flexibility index (Phi) is 4.72. The molecular formula is C20H20N4O3S. The van der Waals surface area contributed by atoms with Crippen LogP contribution in [0.3, 0.4) is 0 Å². The Morgan fingerprint density at radius 3 is 2.82 bits per heavy atom. The van der Waals surface area contributed by atoms with Gasteiger partial charge in [0, 0.05) is 22.2 Å². The summed E-state index contributed by atoms with van der Waals surface area (Å²) in [6.07, 6.45) is 3.43. The van der Waals surface area contributed by atoms with E-state index in [0.29, 0.717) is 21.5 Å². The lowest BCUT2D eigenvalue weighted by atomic mass is 10.2. The van der Waals surface area contributed by atoms with E-state index in [1.54, 1.807) is 24.3 Å². The number of nitrogens with one attached hydrogen (secondary N) is 2. The molecule has 0 bridgehead atoms. The zero-order valence-electron chi connectivity index (χ0n) is 15.6. The number of fused-ring (bicyclic) bond motifs is 1. The van der Waals surface area contributed by atoms with E-state index < -0.39 is 0 Å². The third-order valence-corrected chi connectivity index (χ3v) is 5.91. The van der Waals surface area contributed by atoms with Crippen molar-refractivity contribution >= 4 is 39.1 Å². The van der Waals surface area contributed by atoms with Gasteiger partial charge in [-0.05, 0) is 50.5 Å². The molecule has 2 amide bonds. The van der Waals surface area contributed by atoms with E-state index in [9.17, 15) is 14.4 Å². The Labute approximate surface area is 165 Å². The average molecular weight is 396 g/mol. The van der Waals surface area contributed by atoms with Gasteiger partial charge in [0.1, 0.15) is 11.4 Å². The van der Waals surface area contributed by atoms with Gasteiger partial charge in [-0.1, -0.05) is 6.07 Å². The first-order valence-corrected chi connectivity index (χ1v) is 9.90. The summed E-state index contributed by atoms with van der Waals surface area (Å²) in [5, 5.41) is 6.23. The number of nitrogens with zero attached hydrogens (tertiary/aromatic N) is 2. The topological polar surface area (TPSA) is 93.1 Å². The van der Waals surface area contributed by atoms with Gasteiger partial charge in [0.15, 0.2) is 0 Å². The third kappa shape index (κ3) is 3.68. The van der Waals surface area contributed by atoms with E-state index in [2.05, 4.69) is 15.6 Å². The molecule has 0 saturated heterocycles. The quantitative estimate of drug-likeness (QED) is 0.693. The Balaban J connectivity index is 1.49. The van der Waals surface area contributed by atoms with Gasteiger partial charge < -0.3 is 10.6 Å². The number of hydrogen-bond acceptors (Lipinski definition) is 5. The molecule has 2 aromatic heterocycles. The summed E-state index contributed by atoms with van der Waals surface area (Å²) < 4.78 is 1.31. The molecule has 8 heteroatoms. The van der Waals surface area contributed by atoms with Crippen molar-refractivity contribution in [2.45, 2.75) is 39.3 Å². The van der Waals surface area contributed by atoms with Crippen LogP contribution >= 0.6 is 11.3 Å². The molecule has 144 valence electrons. The number of carbonyl (C=O) groups excluding carboxylic acids is 2. The molecule has 7 nitrogen and oxygen atoms in total. The van der Waals surface area contributed by atoms with Crippen molar-refractivity contribution < 1.29 is 9.59 Å². The Morgan fingerprint density at radius 2 is 2.07 bits per heavy atom. The van der Waals surface area contributed by atoms with Gasteiger partial charge in [0.05, 0.1) is 11.7 Å². The molecule has 2 N–H and O–H groups in total. The maximum atomic E-state index is 12.7. The van der Waals surface area contributed by atoms with Crippen LogP contribution in [0, 0.1) is 13.8 Å². The largest absolute Gasteiger partial charge is 0.349 e. The minimum Gasteiger partial charge on any atom is -0.349 e. The van der Waals surface area contributed by atoms with E-state index in [1.165, 1.54) is 22.2 Å². The van der Waals surface area contributed by atoms with Gasteiger partial charge in [-0.2, -0.15) is 0 Å². The van der Waals surface area contributed by atoms with Crippen LogP contribution in [0.4, 0.5) is 5.69 Å². The third-order valence-electron chi connectivity index (χ3n) is 4.79. The normalized spacial score (nSPS) is 13.5. The van der Waals surface area contributed by atoms with Crippen molar-refractivity contribution in [1.82, 2.24) is 14.9 Å². The summed E-state index contributed by atoms with van der Waals surface area (Å²) in [7, 11) is 0. The molecule has 3 aromatic rings. The first-order chi connectivity index (χ1) is 13.4. The lowest BCUT2D eigenvalue weighted by molar-refractivity contribution is -0.116. The van der Waals surface area contributed by atoms with Crippen molar-refractivity contribution in [3.63, 3.8) is 0 Å². The molecule has 0 spiro atoms. The van der Waals surface area contributed by atoms with E-state index in [1.807, 2.05) is 13.8 Å². The smallest absolute Gasteiger partial charge is 0.262 e.